The minimum Gasteiger partial charge on any atom is -0.478 e. The van der Waals surface area contributed by atoms with Crippen molar-refractivity contribution in [1.29, 1.82) is 0 Å². The lowest BCUT2D eigenvalue weighted by molar-refractivity contribution is -0.384. The van der Waals surface area contributed by atoms with Crippen LogP contribution in [-0.2, 0) is 14.4 Å². The number of hydrogen-bond acceptors (Lipinski definition) is 8. The molecule has 0 bridgehead atoms. The van der Waals surface area contributed by atoms with Crippen molar-refractivity contribution >= 4 is 44.4 Å². The summed E-state index contributed by atoms with van der Waals surface area (Å²) in [7, 11) is -4.82. The third-order valence-corrected chi connectivity index (χ3v) is 6.20. The lowest BCUT2D eigenvalue weighted by atomic mass is 9.94. The van der Waals surface area contributed by atoms with Crippen molar-refractivity contribution in [3.05, 3.63) is 80.9 Å². The zero-order chi connectivity index (χ0) is 23.4. The summed E-state index contributed by atoms with van der Waals surface area (Å²) in [6.45, 7) is 1.38. The third-order valence-electron chi connectivity index (χ3n) is 4.88. The first-order valence-corrected chi connectivity index (χ1v) is 10.3. The molecule has 0 atom stereocenters. The molecule has 12 heteroatoms. The van der Waals surface area contributed by atoms with E-state index in [9.17, 15) is 32.9 Å². The van der Waals surface area contributed by atoms with Gasteiger partial charge in [-0.15, -0.1) is 9.35 Å². The van der Waals surface area contributed by atoms with Crippen molar-refractivity contribution in [2.75, 3.05) is 0 Å². The Morgan fingerprint density at radius 3 is 2.41 bits per heavy atom. The molecule has 11 nitrogen and oxygen atoms in total. The summed E-state index contributed by atoms with van der Waals surface area (Å²) >= 11 is 0. The highest BCUT2D eigenvalue weighted by molar-refractivity contribution is 7.86. The Labute approximate surface area is 179 Å². The minimum absolute atomic E-state index is 0.00302. The van der Waals surface area contributed by atoms with Crippen LogP contribution >= 0.6 is 0 Å². The maximum Gasteiger partial charge on any atom is 0.335 e. The van der Waals surface area contributed by atoms with Crippen molar-refractivity contribution < 1.29 is 37.1 Å². The number of carboxylic acid groups (broad SMARTS) is 1. The van der Waals surface area contributed by atoms with Gasteiger partial charge in [-0.2, -0.15) is 8.42 Å². The van der Waals surface area contributed by atoms with Gasteiger partial charge in [0, 0.05) is 17.5 Å². The number of imide groups is 1. The predicted octanol–water partition coefficient (Wildman–Crippen LogP) is 2.67. The Bertz CT molecular complexity index is 1480. The number of nitrogens with zero attached hydrogens (tertiary/aromatic N) is 2. The summed E-state index contributed by atoms with van der Waals surface area (Å²) in [6.07, 6.45) is 0. The van der Waals surface area contributed by atoms with Gasteiger partial charge in [-0.1, -0.05) is 18.2 Å². The molecule has 0 unspecified atom stereocenters. The number of nitro groups is 1. The van der Waals surface area contributed by atoms with Gasteiger partial charge in [-0.05, 0) is 36.1 Å². The Morgan fingerprint density at radius 1 is 1.06 bits per heavy atom. The molecule has 0 radical (unpaired) electrons. The molecule has 32 heavy (non-hydrogen) atoms. The summed E-state index contributed by atoms with van der Waals surface area (Å²) in [4.78, 5) is 47.0. The summed E-state index contributed by atoms with van der Waals surface area (Å²) in [5, 5.41) is 20.8. The second-order valence-corrected chi connectivity index (χ2v) is 8.37. The molecule has 2 amide bonds. The van der Waals surface area contributed by atoms with Crippen LogP contribution in [0.2, 0.25) is 0 Å². The van der Waals surface area contributed by atoms with Crippen LogP contribution in [0.5, 0.6) is 0 Å². The van der Waals surface area contributed by atoms with Gasteiger partial charge in [0.05, 0.1) is 26.5 Å². The molecule has 0 spiro atoms. The van der Waals surface area contributed by atoms with E-state index >= 15 is 0 Å². The van der Waals surface area contributed by atoms with Crippen molar-refractivity contribution in [2.24, 2.45) is 0 Å². The number of aromatic carboxylic acids is 1. The van der Waals surface area contributed by atoms with Crippen LogP contribution in [0.1, 0.15) is 36.6 Å². The monoisotopic (exact) mass is 456 g/mol. The van der Waals surface area contributed by atoms with E-state index in [-0.39, 0.29) is 38.1 Å². The van der Waals surface area contributed by atoms with Gasteiger partial charge in [-0.25, -0.2) is 4.79 Å². The van der Waals surface area contributed by atoms with Gasteiger partial charge in [0.2, 0.25) is 0 Å². The fraction of sp³-hybridized carbons (Fsp3) is 0.0500. The average Bonchev–Trinajstić information content (AvgIpc) is 2.74. The number of hydroxylamine groups is 2. The topological polar surface area (TPSA) is 161 Å². The van der Waals surface area contributed by atoms with Gasteiger partial charge >= 0.3 is 16.1 Å². The molecular formula is C20H12N2O9S. The SMILES string of the molecule is Cc1ccc(C(=O)O)cc1S(=O)(=O)ON1C(=O)c2cccc3cc([N+](=O)[O-])cc(c23)C1=O. The Morgan fingerprint density at radius 2 is 1.75 bits per heavy atom. The molecule has 1 aliphatic rings. The van der Waals surface area contributed by atoms with Crippen molar-refractivity contribution in [3.8, 4) is 0 Å². The summed E-state index contributed by atoms with van der Waals surface area (Å²) in [5.41, 5.74) is -1.03. The number of carbonyl (C=O) groups excluding carboxylic acids is 2. The average molecular weight is 456 g/mol. The molecule has 1 N–H and O–H groups in total. The second kappa shape index (κ2) is 7.21. The third kappa shape index (κ3) is 3.27. The smallest absolute Gasteiger partial charge is 0.335 e. The van der Waals surface area contributed by atoms with E-state index < -0.39 is 43.4 Å². The molecule has 1 aliphatic heterocycles. The molecule has 0 saturated heterocycles. The summed E-state index contributed by atoms with van der Waals surface area (Å²) in [6, 6.07) is 9.60. The number of hydrogen-bond donors (Lipinski definition) is 1. The lowest BCUT2D eigenvalue weighted by Crippen LogP contribution is -2.41. The largest absolute Gasteiger partial charge is 0.478 e. The Balaban J connectivity index is 1.83. The molecule has 4 rings (SSSR count). The Hall–Kier alpha value is -4.16. The van der Waals surface area contributed by atoms with Gasteiger partial charge in [0.25, 0.3) is 17.5 Å². The highest BCUT2D eigenvalue weighted by Crippen LogP contribution is 2.34. The molecular weight excluding hydrogens is 444 g/mol. The van der Waals surface area contributed by atoms with E-state index in [4.69, 9.17) is 9.39 Å². The normalized spacial score (nSPS) is 13.5. The Kier molecular flexibility index (Phi) is 4.75. The second-order valence-electron chi connectivity index (χ2n) is 6.87. The van der Waals surface area contributed by atoms with Crippen LogP contribution < -0.4 is 0 Å². The summed E-state index contributed by atoms with van der Waals surface area (Å²) < 4.78 is 30.5. The molecule has 0 aromatic heterocycles. The van der Waals surface area contributed by atoms with E-state index in [1.807, 2.05) is 0 Å². The number of carbonyl (C=O) groups is 3. The van der Waals surface area contributed by atoms with Gasteiger partial charge in [0.1, 0.15) is 0 Å². The van der Waals surface area contributed by atoms with E-state index in [2.05, 4.69) is 0 Å². The number of benzene rings is 3. The van der Waals surface area contributed by atoms with E-state index in [1.165, 1.54) is 43.3 Å². The fourth-order valence-corrected chi connectivity index (χ4v) is 4.53. The maximum atomic E-state index is 13.0. The zero-order valence-electron chi connectivity index (χ0n) is 16.1. The van der Waals surface area contributed by atoms with E-state index in [1.54, 1.807) is 0 Å². The molecule has 1 heterocycles. The first-order valence-electron chi connectivity index (χ1n) is 8.90. The van der Waals surface area contributed by atoms with E-state index in [0.29, 0.717) is 0 Å². The number of rotatable bonds is 5. The van der Waals surface area contributed by atoms with Crippen LogP contribution in [0.3, 0.4) is 0 Å². The molecule has 3 aromatic rings. The van der Waals surface area contributed by atoms with Gasteiger partial charge in [0.15, 0.2) is 0 Å². The van der Waals surface area contributed by atoms with Crippen molar-refractivity contribution in [3.63, 3.8) is 0 Å². The van der Waals surface area contributed by atoms with Crippen LogP contribution in [-0.4, -0.2) is 41.3 Å². The number of nitro benzene ring substituents is 1. The minimum atomic E-state index is -4.82. The molecule has 162 valence electrons. The molecule has 0 aliphatic carbocycles. The zero-order valence-corrected chi connectivity index (χ0v) is 17.0. The van der Waals surface area contributed by atoms with Crippen LogP contribution in [0.15, 0.2) is 53.4 Å². The number of non-ortho nitro benzene ring substituents is 1. The summed E-state index contributed by atoms with van der Waals surface area (Å²) in [5.74, 6) is -3.69. The molecule has 3 aromatic carbocycles. The van der Waals surface area contributed by atoms with Crippen molar-refractivity contribution in [1.82, 2.24) is 5.06 Å². The first-order chi connectivity index (χ1) is 15.0. The van der Waals surface area contributed by atoms with Gasteiger partial charge in [-0.3, -0.25) is 19.7 Å². The lowest BCUT2D eigenvalue weighted by Gasteiger charge is -2.25. The van der Waals surface area contributed by atoms with E-state index in [0.717, 1.165) is 12.1 Å². The number of amides is 2. The van der Waals surface area contributed by atoms with Crippen LogP contribution in [0.25, 0.3) is 10.8 Å². The van der Waals surface area contributed by atoms with Gasteiger partial charge < -0.3 is 5.11 Å². The predicted molar refractivity (Wildman–Crippen MR) is 108 cm³/mol. The molecule has 0 fully saturated rings. The van der Waals surface area contributed by atoms with Crippen LogP contribution in [0.4, 0.5) is 5.69 Å². The molecule has 0 saturated carbocycles. The maximum absolute atomic E-state index is 13.0. The highest BCUT2D eigenvalue weighted by Gasteiger charge is 2.39. The van der Waals surface area contributed by atoms with Crippen LogP contribution in [0, 0.1) is 17.0 Å². The quantitative estimate of drug-likeness (QED) is 0.345. The fourth-order valence-electron chi connectivity index (χ4n) is 3.38. The number of carboxylic acids is 1. The highest BCUT2D eigenvalue weighted by atomic mass is 32.2. The first kappa shape index (κ1) is 21.1. The van der Waals surface area contributed by atoms with Crippen molar-refractivity contribution in [2.45, 2.75) is 11.8 Å². The number of aryl methyl sites for hydroxylation is 1. The standard InChI is InChI=1S/C20H12N2O9S/c1-10-5-6-12(20(25)26)8-16(10)32(29,30)31-21-18(23)14-4-2-3-11-7-13(22(27)28)9-15(17(11)14)19(21)24/h2-9H,1H3,(H,25,26).